The molecule has 0 aromatic heterocycles. The fourth-order valence-electron chi connectivity index (χ4n) is 1.98. The Kier molecular flexibility index (Phi) is 5.58. The summed E-state index contributed by atoms with van der Waals surface area (Å²) in [6, 6.07) is 3.19. The van der Waals surface area contributed by atoms with Gasteiger partial charge in [-0.15, -0.1) is 12.4 Å². The number of nitrogens with one attached hydrogen (secondary N) is 1. The Morgan fingerprint density at radius 3 is 2.79 bits per heavy atom. The van der Waals surface area contributed by atoms with E-state index in [4.69, 9.17) is 11.6 Å². The van der Waals surface area contributed by atoms with Crippen molar-refractivity contribution in [1.29, 1.82) is 0 Å². The Hall–Kier alpha value is -0.400. The van der Waals surface area contributed by atoms with Gasteiger partial charge in [-0.2, -0.15) is 4.31 Å². The Balaban J connectivity index is 0.00000180. The van der Waals surface area contributed by atoms with Gasteiger partial charge in [-0.3, -0.25) is 0 Å². The lowest BCUT2D eigenvalue weighted by Gasteiger charge is -2.33. The van der Waals surface area contributed by atoms with E-state index in [1.165, 1.54) is 10.4 Å². The predicted molar refractivity (Wildman–Crippen MR) is 74.9 cm³/mol. The van der Waals surface area contributed by atoms with Crippen molar-refractivity contribution < 1.29 is 12.8 Å². The molecule has 1 aromatic rings. The highest BCUT2D eigenvalue weighted by Crippen LogP contribution is 2.27. The molecule has 8 heteroatoms. The SMILES string of the molecule is CC1CNCCN1S(=O)(=O)c1cc(F)ccc1Cl.Cl. The molecule has 1 N–H and O–H groups in total. The molecule has 0 radical (unpaired) electrons. The van der Waals surface area contributed by atoms with Crippen LogP contribution in [0, 0.1) is 5.82 Å². The van der Waals surface area contributed by atoms with Crippen LogP contribution < -0.4 is 5.32 Å². The van der Waals surface area contributed by atoms with Crippen LogP contribution in [0.4, 0.5) is 4.39 Å². The van der Waals surface area contributed by atoms with Crippen molar-refractivity contribution in [1.82, 2.24) is 9.62 Å². The second-order valence-corrected chi connectivity index (χ2v) is 6.51. The molecule has 4 nitrogen and oxygen atoms in total. The molecule has 1 aliphatic rings. The maximum Gasteiger partial charge on any atom is 0.244 e. The van der Waals surface area contributed by atoms with Crippen LogP contribution in [-0.4, -0.2) is 38.4 Å². The van der Waals surface area contributed by atoms with Crippen molar-refractivity contribution in [3.63, 3.8) is 0 Å². The van der Waals surface area contributed by atoms with Crippen molar-refractivity contribution in [2.75, 3.05) is 19.6 Å². The standard InChI is InChI=1S/C11H14ClFN2O2S.ClH/c1-8-7-14-4-5-15(8)18(16,17)11-6-9(13)2-3-10(11)12;/h2-3,6,8,14H,4-5,7H2,1H3;1H. The molecular weight excluding hydrogens is 314 g/mol. The smallest absolute Gasteiger partial charge is 0.244 e. The second-order valence-electron chi connectivity index (χ2n) is 4.24. The van der Waals surface area contributed by atoms with Crippen LogP contribution >= 0.6 is 24.0 Å². The van der Waals surface area contributed by atoms with Crippen molar-refractivity contribution in [3.8, 4) is 0 Å². The summed E-state index contributed by atoms with van der Waals surface area (Å²) in [6.45, 7) is 3.32. The summed E-state index contributed by atoms with van der Waals surface area (Å²) in [4.78, 5) is -0.169. The number of sulfonamides is 1. The van der Waals surface area contributed by atoms with Gasteiger partial charge in [0.1, 0.15) is 10.7 Å². The summed E-state index contributed by atoms with van der Waals surface area (Å²) in [6.07, 6.45) is 0. The molecule has 1 aliphatic heterocycles. The Labute approximate surface area is 123 Å². The van der Waals surface area contributed by atoms with Gasteiger partial charge >= 0.3 is 0 Å². The largest absolute Gasteiger partial charge is 0.314 e. The molecule has 0 aliphatic carbocycles. The van der Waals surface area contributed by atoms with Crippen LogP contribution in [0.5, 0.6) is 0 Å². The van der Waals surface area contributed by atoms with Crippen molar-refractivity contribution in [2.45, 2.75) is 17.9 Å². The first-order valence-electron chi connectivity index (χ1n) is 5.60. The quantitative estimate of drug-likeness (QED) is 0.901. The van der Waals surface area contributed by atoms with Crippen LogP contribution in [0.2, 0.25) is 5.02 Å². The highest BCUT2D eigenvalue weighted by molar-refractivity contribution is 7.89. The molecule has 1 fully saturated rings. The van der Waals surface area contributed by atoms with Gasteiger partial charge in [-0.1, -0.05) is 11.6 Å². The molecule has 2 rings (SSSR count). The minimum atomic E-state index is -3.74. The van der Waals surface area contributed by atoms with E-state index in [2.05, 4.69) is 5.32 Å². The van der Waals surface area contributed by atoms with Gasteiger partial charge in [0.25, 0.3) is 0 Å². The second kappa shape index (κ2) is 6.37. The zero-order valence-electron chi connectivity index (χ0n) is 10.3. The van der Waals surface area contributed by atoms with E-state index in [1.807, 2.05) is 0 Å². The van der Waals surface area contributed by atoms with Crippen LogP contribution in [0.25, 0.3) is 0 Å². The Morgan fingerprint density at radius 2 is 2.16 bits per heavy atom. The summed E-state index contributed by atoms with van der Waals surface area (Å²) in [7, 11) is -3.74. The average molecular weight is 329 g/mol. The third-order valence-corrected chi connectivity index (χ3v) is 5.42. The lowest BCUT2D eigenvalue weighted by molar-refractivity contribution is 0.284. The van der Waals surface area contributed by atoms with Crippen molar-refractivity contribution >= 4 is 34.0 Å². The van der Waals surface area contributed by atoms with Crippen LogP contribution in [-0.2, 0) is 10.0 Å². The van der Waals surface area contributed by atoms with Gasteiger partial charge in [-0.05, 0) is 25.1 Å². The topological polar surface area (TPSA) is 49.4 Å². The highest BCUT2D eigenvalue weighted by atomic mass is 35.5. The van der Waals surface area contributed by atoms with Crippen molar-refractivity contribution in [3.05, 3.63) is 29.0 Å². The predicted octanol–water partition coefficient (Wildman–Crippen LogP) is 1.88. The molecule has 19 heavy (non-hydrogen) atoms. The zero-order valence-corrected chi connectivity index (χ0v) is 12.7. The number of halogens is 3. The van der Waals surface area contributed by atoms with E-state index >= 15 is 0 Å². The normalized spacial score (nSPS) is 20.9. The Bertz CT molecular complexity index is 554. The fourth-order valence-corrected chi connectivity index (χ4v) is 4.10. The van der Waals surface area contributed by atoms with Crippen LogP contribution in [0.3, 0.4) is 0 Å². The number of piperazine rings is 1. The van der Waals surface area contributed by atoms with E-state index in [9.17, 15) is 12.8 Å². The molecule has 1 saturated heterocycles. The van der Waals surface area contributed by atoms with Crippen LogP contribution in [0.15, 0.2) is 23.1 Å². The third-order valence-electron chi connectivity index (χ3n) is 2.92. The lowest BCUT2D eigenvalue weighted by atomic mass is 10.3. The first kappa shape index (κ1) is 16.7. The molecule has 0 amide bonds. The summed E-state index contributed by atoms with van der Waals surface area (Å²) >= 11 is 5.86. The summed E-state index contributed by atoms with van der Waals surface area (Å²) in [5.41, 5.74) is 0. The minimum absolute atomic E-state index is 0. The van der Waals surface area contributed by atoms with Gasteiger partial charge in [-0.25, -0.2) is 12.8 Å². The number of nitrogens with zero attached hydrogens (tertiary/aromatic N) is 1. The summed E-state index contributed by atoms with van der Waals surface area (Å²) < 4.78 is 39.4. The zero-order chi connectivity index (χ0) is 13.3. The van der Waals surface area contributed by atoms with Gasteiger partial charge in [0.2, 0.25) is 10.0 Å². The fraction of sp³-hybridized carbons (Fsp3) is 0.455. The molecular formula is C11H15Cl2FN2O2S. The first-order valence-corrected chi connectivity index (χ1v) is 7.42. The monoisotopic (exact) mass is 328 g/mol. The molecule has 1 heterocycles. The average Bonchev–Trinajstić information content (AvgIpc) is 2.32. The Morgan fingerprint density at radius 1 is 1.47 bits per heavy atom. The molecule has 0 spiro atoms. The summed E-state index contributed by atoms with van der Waals surface area (Å²) in [5, 5.41) is 3.14. The van der Waals surface area contributed by atoms with Crippen molar-refractivity contribution in [2.24, 2.45) is 0 Å². The van der Waals surface area contributed by atoms with Crippen LogP contribution in [0.1, 0.15) is 6.92 Å². The van der Waals surface area contributed by atoms with E-state index in [1.54, 1.807) is 6.92 Å². The first-order chi connectivity index (χ1) is 8.43. The van der Waals surface area contributed by atoms with Gasteiger partial charge in [0, 0.05) is 25.7 Å². The van der Waals surface area contributed by atoms with E-state index in [0.717, 1.165) is 12.1 Å². The highest BCUT2D eigenvalue weighted by Gasteiger charge is 2.32. The number of hydrogen-bond acceptors (Lipinski definition) is 3. The molecule has 0 bridgehead atoms. The maximum absolute atomic E-state index is 13.2. The van der Waals surface area contributed by atoms with E-state index in [-0.39, 0.29) is 28.4 Å². The van der Waals surface area contributed by atoms with Gasteiger partial charge in [0.05, 0.1) is 5.02 Å². The third kappa shape index (κ3) is 3.38. The maximum atomic E-state index is 13.2. The van der Waals surface area contributed by atoms with Gasteiger partial charge in [0.15, 0.2) is 0 Å². The number of rotatable bonds is 2. The molecule has 1 atom stereocenters. The minimum Gasteiger partial charge on any atom is -0.314 e. The molecule has 0 saturated carbocycles. The molecule has 1 aromatic carbocycles. The molecule has 1 unspecified atom stereocenters. The van der Waals surface area contributed by atoms with Gasteiger partial charge < -0.3 is 5.32 Å². The number of hydrogen-bond donors (Lipinski definition) is 1. The molecule has 108 valence electrons. The summed E-state index contributed by atoms with van der Waals surface area (Å²) in [5.74, 6) is -0.610. The van der Waals surface area contributed by atoms with E-state index < -0.39 is 15.8 Å². The number of benzene rings is 1. The lowest BCUT2D eigenvalue weighted by Crippen LogP contribution is -2.52. The van der Waals surface area contributed by atoms with E-state index in [0.29, 0.717) is 19.6 Å².